The fraction of sp³-hybridized carbons (Fsp3) is 0.345. The molecule has 3 heterocycles. The molecule has 11 heteroatoms. The van der Waals surface area contributed by atoms with Crippen LogP contribution in [-0.2, 0) is 14.2 Å². The topological polar surface area (TPSA) is 141 Å². The van der Waals surface area contributed by atoms with Gasteiger partial charge in [0.05, 0.1) is 23.6 Å². The van der Waals surface area contributed by atoms with Crippen molar-refractivity contribution in [3.63, 3.8) is 0 Å². The Kier molecular flexibility index (Phi) is 7.65. The summed E-state index contributed by atoms with van der Waals surface area (Å²) in [5.74, 6) is -0.702. The molecule has 0 amide bonds. The summed E-state index contributed by atoms with van der Waals surface area (Å²) < 4.78 is 25.4. The van der Waals surface area contributed by atoms with E-state index < -0.39 is 30.4 Å². The molecule has 1 aliphatic rings. The van der Waals surface area contributed by atoms with E-state index in [9.17, 15) is 9.59 Å². The van der Waals surface area contributed by atoms with Crippen LogP contribution in [0.25, 0.3) is 11.2 Å². The van der Waals surface area contributed by atoms with Crippen LogP contribution in [0, 0.1) is 13.8 Å². The Bertz CT molecular complexity index is 1520. The normalized spacial score (nSPS) is 18.7. The molecular formula is C29H31N5O6. The number of imidazole rings is 1. The molecule has 0 bridgehead atoms. The van der Waals surface area contributed by atoms with E-state index in [0.717, 1.165) is 11.1 Å². The summed E-state index contributed by atoms with van der Waals surface area (Å²) >= 11 is 0. The molecule has 11 nitrogen and oxygen atoms in total. The lowest BCUT2D eigenvalue weighted by molar-refractivity contribution is -0.0563. The zero-order chi connectivity index (χ0) is 28.4. The van der Waals surface area contributed by atoms with Crippen LogP contribution in [0.1, 0.15) is 58.3 Å². The maximum Gasteiger partial charge on any atom is 0.338 e. The number of nitrogen functional groups attached to an aromatic ring is 1. The number of hydrogen-bond donors (Lipinski definition) is 1. The van der Waals surface area contributed by atoms with Crippen molar-refractivity contribution in [2.45, 2.75) is 58.7 Å². The maximum absolute atomic E-state index is 13.0. The van der Waals surface area contributed by atoms with Crippen molar-refractivity contribution in [3.8, 4) is 5.88 Å². The van der Waals surface area contributed by atoms with E-state index in [4.69, 9.17) is 24.7 Å². The lowest BCUT2D eigenvalue weighted by atomic mass is 10.1. The Balaban J connectivity index is 1.40. The predicted molar refractivity (Wildman–Crippen MR) is 146 cm³/mol. The van der Waals surface area contributed by atoms with Gasteiger partial charge in [-0.15, -0.1) is 0 Å². The second-order valence-electron chi connectivity index (χ2n) is 10.0. The van der Waals surface area contributed by atoms with Crippen molar-refractivity contribution in [2.75, 3.05) is 12.3 Å². The number of benzene rings is 2. The van der Waals surface area contributed by atoms with Crippen LogP contribution in [0.3, 0.4) is 0 Å². The largest absolute Gasteiger partial charge is 0.473 e. The predicted octanol–water partition coefficient (Wildman–Crippen LogP) is 4.18. The summed E-state index contributed by atoms with van der Waals surface area (Å²) in [5, 5.41) is 0. The van der Waals surface area contributed by atoms with Crippen LogP contribution in [0.2, 0.25) is 0 Å². The highest BCUT2D eigenvalue weighted by Gasteiger charge is 2.41. The van der Waals surface area contributed by atoms with Gasteiger partial charge < -0.3 is 24.7 Å². The molecule has 3 atom stereocenters. The Morgan fingerprint density at radius 3 is 2.25 bits per heavy atom. The first-order valence-electron chi connectivity index (χ1n) is 13.0. The van der Waals surface area contributed by atoms with Crippen LogP contribution in [0.15, 0.2) is 54.9 Å². The number of anilines is 1. The van der Waals surface area contributed by atoms with Gasteiger partial charge in [-0.25, -0.2) is 14.6 Å². The minimum Gasteiger partial charge on any atom is -0.473 e. The standard InChI is InChI=1S/C29H31N5O6/c1-16(2)38-26-24-25(32-29(30)33-26)31-15-34(24)23-13-21(40-28(36)20-11-7-18(4)8-12-20)22(39-23)14-37-27(35)19-9-5-17(3)6-10-19/h5-12,15-16,21-23H,13-14H2,1-4H3,(H2,30,32,33)/t21-,22+,23+/m0/s1. The Morgan fingerprint density at radius 1 is 1.00 bits per heavy atom. The molecule has 1 aliphatic heterocycles. The minimum atomic E-state index is -0.740. The zero-order valence-electron chi connectivity index (χ0n) is 22.7. The lowest BCUT2D eigenvalue weighted by Gasteiger charge is -2.19. The summed E-state index contributed by atoms with van der Waals surface area (Å²) in [6.07, 6.45) is -0.452. The number of nitrogens with two attached hydrogens (primary N) is 1. The number of aryl methyl sites for hydroxylation is 2. The van der Waals surface area contributed by atoms with Crippen LogP contribution >= 0.6 is 0 Å². The van der Waals surface area contributed by atoms with Gasteiger partial charge in [0.15, 0.2) is 11.2 Å². The molecule has 208 valence electrons. The van der Waals surface area contributed by atoms with Crippen LogP contribution < -0.4 is 10.5 Å². The summed E-state index contributed by atoms with van der Waals surface area (Å²) in [6.45, 7) is 7.49. The third-order valence-electron chi connectivity index (χ3n) is 6.46. The zero-order valence-corrected chi connectivity index (χ0v) is 22.7. The first kappa shape index (κ1) is 27.1. The van der Waals surface area contributed by atoms with Crippen molar-refractivity contribution in [1.82, 2.24) is 19.5 Å². The molecule has 5 rings (SSSR count). The lowest BCUT2D eigenvalue weighted by Crippen LogP contribution is -2.32. The van der Waals surface area contributed by atoms with Gasteiger partial charge in [0, 0.05) is 6.42 Å². The fourth-order valence-electron chi connectivity index (χ4n) is 4.42. The van der Waals surface area contributed by atoms with Gasteiger partial charge in [-0.2, -0.15) is 9.97 Å². The number of aromatic nitrogens is 4. The highest BCUT2D eigenvalue weighted by atomic mass is 16.6. The monoisotopic (exact) mass is 545 g/mol. The molecule has 40 heavy (non-hydrogen) atoms. The molecule has 4 aromatic rings. The minimum absolute atomic E-state index is 0.0338. The number of rotatable bonds is 8. The summed E-state index contributed by atoms with van der Waals surface area (Å²) in [5.41, 5.74) is 9.58. The van der Waals surface area contributed by atoms with Crippen molar-refractivity contribution < 1.29 is 28.5 Å². The quantitative estimate of drug-likeness (QED) is 0.321. The van der Waals surface area contributed by atoms with Gasteiger partial charge in [0.25, 0.3) is 0 Å². The Hall–Kier alpha value is -4.51. The third kappa shape index (κ3) is 5.89. The van der Waals surface area contributed by atoms with E-state index in [1.807, 2.05) is 52.0 Å². The second kappa shape index (κ2) is 11.3. The van der Waals surface area contributed by atoms with E-state index >= 15 is 0 Å². The summed E-state index contributed by atoms with van der Waals surface area (Å²) in [6, 6.07) is 14.2. The molecule has 0 saturated carbocycles. The number of nitrogens with zero attached hydrogens (tertiary/aromatic N) is 4. The molecule has 1 saturated heterocycles. The van der Waals surface area contributed by atoms with Gasteiger partial charge >= 0.3 is 11.9 Å². The van der Waals surface area contributed by atoms with Gasteiger partial charge in [-0.05, 0) is 52.0 Å². The van der Waals surface area contributed by atoms with E-state index in [1.54, 1.807) is 35.2 Å². The van der Waals surface area contributed by atoms with Gasteiger partial charge in [-0.3, -0.25) is 4.57 Å². The molecule has 0 aliphatic carbocycles. The van der Waals surface area contributed by atoms with Crippen LogP contribution in [0.4, 0.5) is 5.95 Å². The molecule has 0 radical (unpaired) electrons. The molecule has 2 aromatic carbocycles. The van der Waals surface area contributed by atoms with Gasteiger partial charge in [0.1, 0.15) is 25.0 Å². The van der Waals surface area contributed by atoms with E-state index in [0.29, 0.717) is 22.3 Å². The summed E-state index contributed by atoms with van der Waals surface area (Å²) in [7, 11) is 0. The molecule has 2 aromatic heterocycles. The molecule has 0 spiro atoms. The Labute approximate surface area is 231 Å². The number of carbonyl (C=O) groups is 2. The smallest absolute Gasteiger partial charge is 0.338 e. The number of carbonyl (C=O) groups excluding carboxylic acids is 2. The Morgan fingerprint density at radius 2 is 1.62 bits per heavy atom. The van der Waals surface area contributed by atoms with Crippen molar-refractivity contribution >= 4 is 29.1 Å². The van der Waals surface area contributed by atoms with Crippen molar-refractivity contribution in [2.24, 2.45) is 0 Å². The van der Waals surface area contributed by atoms with E-state index in [1.165, 1.54) is 0 Å². The molecule has 2 N–H and O–H groups in total. The summed E-state index contributed by atoms with van der Waals surface area (Å²) in [4.78, 5) is 38.5. The SMILES string of the molecule is Cc1ccc(C(=O)OC[C@H]2O[C@@H](n3cnc4nc(N)nc(OC(C)C)c43)C[C@@H]2OC(=O)c2ccc(C)cc2)cc1. The highest BCUT2D eigenvalue weighted by molar-refractivity contribution is 5.90. The van der Waals surface area contributed by atoms with Crippen LogP contribution in [0.5, 0.6) is 5.88 Å². The first-order valence-corrected chi connectivity index (χ1v) is 13.0. The number of fused-ring (bicyclic) bond motifs is 1. The van der Waals surface area contributed by atoms with E-state index in [2.05, 4.69) is 15.0 Å². The number of esters is 2. The fourth-order valence-corrected chi connectivity index (χ4v) is 4.42. The van der Waals surface area contributed by atoms with E-state index in [-0.39, 0.29) is 31.0 Å². The van der Waals surface area contributed by atoms with Gasteiger partial charge in [-0.1, -0.05) is 35.4 Å². The third-order valence-corrected chi connectivity index (χ3v) is 6.46. The average molecular weight is 546 g/mol. The molecule has 1 fully saturated rings. The average Bonchev–Trinajstić information content (AvgIpc) is 3.51. The maximum atomic E-state index is 13.0. The van der Waals surface area contributed by atoms with Crippen molar-refractivity contribution in [3.05, 3.63) is 77.1 Å². The molecule has 0 unspecified atom stereocenters. The number of ether oxygens (including phenoxy) is 4. The van der Waals surface area contributed by atoms with Crippen molar-refractivity contribution in [1.29, 1.82) is 0 Å². The second-order valence-corrected chi connectivity index (χ2v) is 10.0. The van der Waals surface area contributed by atoms with Crippen LogP contribution in [-0.4, -0.2) is 56.4 Å². The molecular weight excluding hydrogens is 514 g/mol. The highest BCUT2D eigenvalue weighted by Crippen LogP contribution is 2.36. The number of hydrogen-bond acceptors (Lipinski definition) is 10. The first-order chi connectivity index (χ1) is 19.2. The van der Waals surface area contributed by atoms with Gasteiger partial charge in [0.2, 0.25) is 11.8 Å².